The molecule has 22 heavy (non-hydrogen) atoms. The number of carbonyl (C=O) groups is 2. The van der Waals surface area contributed by atoms with Gasteiger partial charge in [-0.15, -0.1) is 0 Å². The Bertz CT molecular complexity index is 693. The van der Waals surface area contributed by atoms with Gasteiger partial charge < -0.3 is 15.4 Å². The van der Waals surface area contributed by atoms with Crippen molar-refractivity contribution in [2.24, 2.45) is 5.92 Å². The monoisotopic (exact) mass is 304 g/mol. The molecule has 3 N–H and O–H groups in total. The second-order valence-corrected chi connectivity index (χ2v) is 5.44. The summed E-state index contributed by atoms with van der Waals surface area (Å²) in [6.45, 7) is 5.67. The van der Waals surface area contributed by atoms with Gasteiger partial charge in [0.1, 0.15) is 6.04 Å². The molecule has 1 atom stereocenters. The molecule has 2 rings (SSSR count). The molecule has 1 heterocycles. The van der Waals surface area contributed by atoms with Gasteiger partial charge in [-0.25, -0.2) is 4.79 Å². The van der Waals surface area contributed by atoms with Gasteiger partial charge in [0.2, 0.25) is 5.91 Å². The first-order valence-electron chi connectivity index (χ1n) is 7.02. The molecule has 7 heteroatoms. The summed E-state index contributed by atoms with van der Waals surface area (Å²) < 4.78 is 4.56. The number of aryl methyl sites for hydroxylation is 1. The zero-order valence-corrected chi connectivity index (χ0v) is 13.1. The third-order valence-corrected chi connectivity index (χ3v) is 3.50. The van der Waals surface area contributed by atoms with Crippen LogP contribution in [0.3, 0.4) is 0 Å². The molecule has 0 saturated heterocycles. The van der Waals surface area contributed by atoms with Crippen molar-refractivity contribution in [3.63, 3.8) is 0 Å². The van der Waals surface area contributed by atoms with Crippen LogP contribution in [0.25, 0.3) is 10.9 Å². The van der Waals surface area contributed by atoms with Crippen LogP contribution in [0, 0.1) is 12.8 Å². The molecule has 0 aliphatic rings. The van der Waals surface area contributed by atoms with Crippen molar-refractivity contribution in [1.82, 2.24) is 15.5 Å². The second-order valence-electron chi connectivity index (χ2n) is 5.44. The number of hydrogen-bond donors (Lipinski definition) is 3. The lowest BCUT2D eigenvalue weighted by molar-refractivity contribution is -0.119. The van der Waals surface area contributed by atoms with Crippen molar-refractivity contribution in [2.45, 2.75) is 26.8 Å². The van der Waals surface area contributed by atoms with Crippen LogP contribution in [0.5, 0.6) is 0 Å². The van der Waals surface area contributed by atoms with E-state index in [9.17, 15) is 9.59 Å². The van der Waals surface area contributed by atoms with Gasteiger partial charge in [0.15, 0.2) is 0 Å². The molecule has 1 aromatic heterocycles. The van der Waals surface area contributed by atoms with Crippen molar-refractivity contribution >= 4 is 28.6 Å². The molecule has 7 nitrogen and oxygen atoms in total. The van der Waals surface area contributed by atoms with Crippen molar-refractivity contribution < 1.29 is 14.3 Å². The summed E-state index contributed by atoms with van der Waals surface area (Å²) in [5.41, 5.74) is 2.45. The van der Waals surface area contributed by atoms with Crippen LogP contribution in [0.1, 0.15) is 19.4 Å². The minimum atomic E-state index is -0.688. The van der Waals surface area contributed by atoms with Crippen LogP contribution in [0.15, 0.2) is 18.3 Å². The molecule has 2 amide bonds. The molecule has 2 aromatic rings. The maximum Gasteiger partial charge on any atom is 0.407 e. The molecule has 118 valence electrons. The fraction of sp³-hybridized carbons (Fsp3) is 0.400. The number of hydrogen-bond acceptors (Lipinski definition) is 4. The Hall–Kier alpha value is -2.57. The van der Waals surface area contributed by atoms with Crippen LogP contribution in [-0.4, -0.2) is 35.3 Å². The minimum Gasteiger partial charge on any atom is -0.453 e. The summed E-state index contributed by atoms with van der Waals surface area (Å²) in [6.07, 6.45) is 1.08. The third kappa shape index (κ3) is 3.19. The van der Waals surface area contributed by atoms with Gasteiger partial charge in [0.25, 0.3) is 0 Å². The number of anilines is 1. The Morgan fingerprint density at radius 3 is 2.68 bits per heavy atom. The van der Waals surface area contributed by atoms with E-state index in [0.29, 0.717) is 5.69 Å². The van der Waals surface area contributed by atoms with Crippen LogP contribution in [0.4, 0.5) is 10.5 Å². The molecule has 0 bridgehead atoms. The topological polar surface area (TPSA) is 96.1 Å². The predicted octanol–water partition coefficient (Wildman–Crippen LogP) is 2.19. The number of H-pyrrole nitrogens is 1. The van der Waals surface area contributed by atoms with Crippen molar-refractivity contribution in [1.29, 1.82) is 0 Å². The van der Waals surface area contributed by atoms with E-state index < -0.39 is 12.1 Å². The van der Waals surface area contributed by atoms with Gasteiger partial charge >= 0.3 is 6.09 Å². The number of fused-ring (bicyclic) bond motifs is 1. The van der Waals surface area contributed by atoms with Gasteiger partial charge in [0.05, 0.1) is 24.5 Å². The molecular weight excluding hydrogens is 284 g/mol. The number of carbonyl (C=O) groups excluding carboxylic acids is 2. The number of aromatic nitrogens is 2. The SMILES string of the molecule is COC(=O)NC(C(=O)Nc1ccc(C)c2cn[nH]c12)C(C)C. The maximum absolute atomic E-state index is 12.4. The number of aromatic amines is 1. The Labute approximate surface area is 128 Å². The van der Waals surface area contributed by atoms with Gasteiger partial charge in [-0.3, -0.25) is 9.89 Å². The molecular formula is C15H20N4O3. The molecule has 1 aromatic carbocycles. The number of nitrogens with zero attached hydrogens (tertiary/aromatic N) is 1. The standard InChI is InChI=1S/C15H20N4O3/c1-8(2)12(18-15(21)22-4)14(20)17-11-6-5-9(3)10-7-16-19-13(10)11/h5-8,12H,1-4H3,(H,16,19)(H,17,20)(H,18,21). The highest BCUT2D eigenvalue weighted by molar-refractivity contribution is 6.03. The average Bonchev–Trinajstić information content (AvgIpc) is 2.97. The van der Waals surface area contributed by atoms with Crippen LogP contribution in [0.2, 0.25) is 0 Å². The van der Waals surface area contributed by atoms with E-state index in [4.69, 9.17) is 0 Å². The lowest BCUT2D eigenvalue weighted by Crippen LogP contribution is -2.47. The minimum absolute atomic E-state index is 0.0817. The Balaban J connectivity index is 2.23. The van der Waals surface area contributed by atoms with Crippen molar-refractivity contribution in [2.75, 3.05) is 12.4 Å². The van der Waals surface area contributed by atoms with Crippen LogP contribution < -0.4 is 10.6 Å². The summed E-state index contributed by atoms with van der Waals surface area (Å²) in [4.78, 5) is 23.8. The third-order valence-electron chi connectivity index (χ3n) is 3.50. The van der Waals surface area contributed by atoms with Crippen LogP contribution >= 0.6 is 0 Å². The summed E-state index contributed by atoms with van der Waals surface area (Å²) in [5, 5.41) is 13.2. The van der Waals surface area contributed by atoms with E-state index >= 15 is 0 Å². The van der Waals surface area contributed by atoms with E-state index in [0.717, 1.165) is 16.5 Å². The predicted molar refractivity (Wildman–Crippen MR) is 83.6 cm³/mol. The highest BCUT2D eigenvalue weighted by atomic mass is 16.5. The molecule has 0 aliphatic carbocycles. The van der Waals surface area contributed by atoms with E-state index in [2.05, 4.69) is 25.6 Å². The summed E-state index contributed by atoms with van der Waals surface area (Å²) in [5.74, 6) is -0.387. The smallest absolute Gasteiger partial charge is 0.407 e. The zero-order chi connectivity index (χ0) is 16.3. The zero-order valence-electron chi connectivity index (χ0n) is 13.1. The second kappa shape index (κ2) is 6.46. The molecule has 0 radical (unpaired) electrons. The van der Waals surface area contributed by atoms with E-state index in [-0.39, 0.29) is 11.8 Å². The van der Waals surface area contributed by atoms with Crippen LogP contribution in [-0.2, 0) is 9.53 Å². The number of benzene rings is 1. The lowest BCUT2D eigenvalue weighted by Gasteiger charge is -2.21. The number of nitrogens with one attached hydrogen (secondary N) is 3. The first-order valence-corrected chi connectivity index (χ1v) is 7.02. The van der Waals surface area contributed by atoms with Crippen molar-refractivity contribution in [3.05, 3.63) is 23.9 Å². The molecule has 0 spiro atoms. The first kappa shape index (κ1) is 15.8. The number of ether oxygens (including phenoxy) is 1. The van der Waals surface area contributed by atoms with Gasteiger partial charge in [0, 0.05) is 5.39 Å². The quantitative estimate of drug-likeness (QED) is 0.806. The Kier molecular flexibility index (Phi) is 4.65. The summed E-state index contributed by atoms with van der Waals surface area (Å²) in [6, 6.07) is 3.03. The summed E-state index contributed by atoms with van der Waals surface area (Å²) >= 11 is 0. The van der Waals surface area contributed by atoms with E-state index in [1.165, 1.54) is 7.11 Å². The molecule has 0 fully saturated rings. The Morgan fingerprint density at radius 1 is 1.32 bits per heavy atom. The normalized spacial score (nSPS) is 12.2. The maximum atomic E-state index is 12.4. The summed E-state index contributed by atoms with van der Waals surface area (Å²) in [7, 11) is 1.26. The largest absolute Gasteiger partial charge is 0.453 e. The first-order chi connectivity index (χ1) is 10.4. The van der Waals surface area contributed by atoms with Gasteiger partial charge in [-0.1, -0.05) is 19.9 Å². The van der Waals surface area contributed by atoms with Crippen molar-refractivity contribution in [3.8, 4) is 0 Å². The van der Waals surface area contributed by atoms with E-state index in [1.54, 1.807) is 6.20 Å². The van der Waals surface area contributed by atoms with Gasteiger partial charge in [-0.05, 0) is 24.5 Å². The van der Waals surface area contributed by atoms with Gasteiger partial charge in [-0.2, -0.15) is 5.10 Å². The number of rotatable bonds is 4. The number of methoxy groups -OCH3 is 1. The molecule has 0 aliphatic heterocycles. The number of amides is 2. The fourth-order valence-electron chi connectivity index (χ4n) is 2.21. The highest BCUT2D eigenvalue weighted by Gasteiger charge is 2.25. The Morgan fingerprint density at radius 2 is 2.05 bits per heavy atom. The fourth-order valence-corrected chi connectivity index (χ4v) is 2.21. The molecule has 0 saturated carbocycles. The molecule has 1 unspecified atom stereocenters. The lowest BCUT2D eigenvalue weighted by atomic mass is 10.0. The average molecular weight is 304 g/mol. The highest BCUT2D eigenvalue weighted by Crippen LogP contribution is 2.24. The number of alkyl carbamates (subject to hydrolysis) is 1. The van der Waals surface area contributed by atoms with E-state index in [1.807, 2.05) is 32.9 Å².